The molecule has 0 atom stereocenters. The van der Waals surface area contributed by atoms with Gasteiger partial charge in [-0.25, -0.2) is 0 Å². The lowest BCUT2D eigenvalue weighted by Gasteiger charge is -2.08. The van der Waals surface area contributed by atoms with Crippen LogP contribution in [0.2, 0.25) is 0 Å². The highest BCUT2D eigenvalue weighted by Crippen LogP contribution is 2.23. The molecule has 0 spiro atoms. The van der Waals surface area contributed by atoms with E-state index in [-0.39, 0.29) is 0 Å². The summed E-state index contributed by atoms with van der Waals surface area (Å²) in [5.74, 6) is 0.892. The van der Waals surface area contributed by atoms with Gasteiger partial charge in [-0.05, 0) is 44.5 Å². The molecule has 0 radical (unpaired) electrons. The van der Waals surface area contributed by atoms with E-state index in [1.807, 2.05) is 42.1 Å². The molecule has 2 rings (SSSR count). The Morgan fingerprint density at radius 3 is 2.78 bits per heavy atom. The Labute approximate surface area is 116 Å². The molecule has 0 saturated heterocycles. The van der Waals surface area contributed by atoms with Crippen LogP contribution in [0.15, 0.2) is 34.9 Å². The quantitative estimate of drug-likeness (QED) is 0.849. The highest BCUT2D eigenvalue weighted by atomic mass is 79.9. The van der Waals surface area contributed by atoms with Gasteiger partial charge in [0.2, 0.25) is 0 Å². The average Bonchev–Trinajstić information content (AvgIpc) is 2.79. The van der Waals surface area contributed by atoms with Crippen molar-refractivity contribution in [1.82, 2.24) is 9.78 Å². The first-order valence-electron chi connectivity index (χ1n) is 5.99. The lowest BCUT2D eigenvalue weighted by Crippen LogP contribution is -2.03. The van der Waals surface area contributed by atoms with Crippen molar-refractivity contribution in [2.75, 3.05) is 0 Å². The van der Waals surface area contributed by atoms with E-state index in [1.165, 1.54) is 0 Å². The molecule has 0 N–H and O–H groups in total. The summed E-state index contributed by atoms with van der Waals surface area (Å²) in [7, 11) is 0. The zero-order chi connectivity index (χ0) is 13.1. The summed E-state index contributed by atoms with van der Waals surface area (Å²) in [5, 5.41) is 4.46. The van der Waals surface area contributed by atoms with Gasteiger partial charge in [0, 0.05) is 16.7 Å². The molecule has 0 fully saturated rings. The number of rotatable bonds is 4. The number of aromatic nitrogens is 2. The van der Waals surface area contributed by atoms with Gasteiger partial charge in [0.15, 0.2) is 0 Å². The van der Waals surface area contributed by atoms with E-state index >= 15 is 0 Å². The highest BCUT2D eigenvalue weighted by molar-refractivity contribution is 9.10. The van der Waals surface area contributed by atoms with E-state index in [4.69, 9.17) is 4.74 Å². The van der Waals surface area contributed by atoms with Gasteiger partial charge in [-0.15, -0.1) is 0 Å². The number of nitrogens with zero attached hydrogens (tertiary/aromatic N) is 2. The molecule has 0 aliphatic rings. The smallest absolute Gasteiger partial charge is 0.132 e. The second-order valence-electron chi connectivity index (χ2n) is 4.58. The minimum Gasteiger partial charge on any atom is -0.487 e. The third-order valence-corrected chi connectivity index (χ3v) is 3.21. The maximum atomic E-state index is 5.79. The van der Waals surface area contributed by atoms with Gasteiger partial charge in [-0.2, -0.15) is 5.10 Å². The Kier molecular flexibility index (Phi) is 4.07. The molecule has 0 aliphatic carbocycles. The number of halogens is 1. The van der Waals surface area contributed by atoms with Gasteiger partial charge < -0.3 is 4.74 Å². The fourth-order valence-electron chi connectivity index (χ4n) is 1.62. The Balaban J connectivity index is 2.04. The van der Waals surface area contributed by atoms with E-state index in [1.54, 1.807) is 0 Å². The molecule has 1 aromatic heterocycles. The Bertz CT molecular complexity index is 534. The first-order valence-corrected chi connectivity index (χ1v) is 6.78. The van der Waals surface area contributed by atoms with Gasteiger partial charge in [-0.3, -0.25) is 4.68 Å². The molecule has 1 aromatic carbocycles. The molecule has 96 valence electrons. The summed E-state index contributed by atoms with van der Waals surface area (Å²) in [6, 6.07) is 8.40. The van der Waals surface area contributed by atoms with Crippen molar-refractivity contribution in [3.8, 4) is 5.75 Å². The van der Waals surface area contributed by atoms with E-state index in [0.29, 0.717) is 12.6 Å². The predicted octanol–water partition coefficient (Wildman–Crippen LogP) is 4.11. The minimum atomic E-state index is 0.381. The van der Waals surface area contributed by atoms with Crippen molar-refractivity contribution >= 4 is 15.9 Å². The van der Waals surface area contributed by atoms with Crippen LogP contribution >= 0.6 is 15.9 Å². The number of benzene rings is 1. The molecule has 3 nitrogen and oxygen atoms in total. The monoisotopic (exact) mass is 308 g/mol. The second-order valence-corrected chi connectivity index (χ2v) is 5.50. The van der Waals surface area contributed by atoms with E-state index in [2.05, 4.69) is 34.9 Å². The fourth-order valence-corrected chi connectivity index (χ4v) is 1.96. The van der Waals surface area contributed by atoms with E-state index < -0.39 is 0 Å². The van der Waals surface area contributed by atoms with Gasteiger partial charge in [0.25, 0.3) is 0 Å². The summed E-state index contributed by atoms with van der Waals surface area (Å²) < 4.78 is 8.75. The van der Waals surface area contributed by atoms with Gasteiger partial charge in [-0.1, -0.05) is 22.0 Å². The molecule has 0 bridgehead atoms. The van der Waals surface area contributed by atoms with Crippen LogP contribution in [0.3, 0.4) is 0 Å². The summed E-state index contributed by atoms with van der Waals surface area (Å²) in [6.07, 6.45) is 1.98. The van der Waals surface area contributed by atoms with Crippen molar-refractivity contribution in [1.29, 1.82) is 0 Å². The molecular weight excluding hydrogens is 292 g/mol. The molecule has 0 amide bonds. The van der Waals surface area contributed by atoms with E-state index in [0.717, 1.165) is 21.5 Å². The Morgan fingerprint density at radius 2 is 2.11 bits per heavy atom. The SMILES string of the molecule is Cc1ccc(Br)cc1OCc1ccn(C(C)C)n1. The summed E-state index contributed by atoms with van der Waals surface area (Å²) in [6.45, 7) is 6.75. The number of aryl methyl sites for hydroxylation is 1. The number of ether oxygens (including phenoxy) is 1. The van der Waals surface area contributed by atoms with Crippen molar-refractivity contribution in [2.24, 2.45) is 0 Å². The van der Waals surface area contributed by atoms with Crippen molar-refractivity contribution in [3.05, 3.63) is 46.2 Å². The second kappa shape index (κ2) is 5.57. The zero-order valence-corrected chi connectivity index (χ0v) is 12.4. The normalized spacial score (nSPS) is 10.9. The molecule has 18 heavy (non-hydrogen) atoms. The number of hydrogen-bond donors (Lipinski definition) is 0. The lowest BCUT2D eigenvalue weighted by atomic mass is 10.2. The van der Waals surface area contributed by atoms with Gasteiger partial charge in [0.1, 0.15) is 12.4 Å². The van der Waals surface area contributed by atoms with Crippen LogP contribution in [-0.2, 0) is 6.61 Å². The molecule has 1 heterocycles. The standard InChI is InChI=1S/C14H17BrN2O/c1-10(2)17-7-6-13(16-17)9-18-14-8-12(15)5-4-11(14)3/h4-8,10H,9H2,1-3H3. The van der Waals surface area contributed by atoms with Crippen molar-refractivity contribution in [2.45, 2.75) is 33.4 Å². The average molecular weight is 309 g/mol. The van der Waals surface area contributed by atoms with Crippen LogP contribution in [0, 0.1) is 6.92 Å². The molecule has 2 aromatic rings. The molecule has 0 aliphatic heterocycles. The molecule has 0 unspecified atom stereocenters. The topological polar surface area (TPSA) is 27.1 Å². The van der Waals surface area contributed by atoms with E-state index in [9.17, 15) is 0 Å². The minimum absolute atomic E-state index is 0.381. The zero-order valence-electron chi connectivity index (χ0n) is 10.9. The van der Waals surface area contributed by atoms with Crippen LogP contribution < -0.4 is 4.74 Å². The predicted molar refractivity (Wildman–Crippen MR) is 75.8 cm³/mol. The maximum Gasteiger partial charge on any atom is 0.132 e. The largest absolute Gasteiger partial charge is 0.487 e. The third kappa shape index (κ3) is 3.13. The Hall–Kier alpha value is -1.29. The van der Waals surface area contributed by atoms with Crippen LogP contribution in [-0.4, -0.2) is 9.78 Å². The van der Waals surface area contributed by atoms with Crippen LogP contribution in [0.4, 0.5) is 0 Å². The van der Waals surface area contributed by atoms with Gasteiger partial charge in [0.05, 0.1) is 5.69 Å². The van der Waals surface area contributed by atoms with Crippen LogP contribution in [0.5, 0.6) is 5.75 Å². The molecule has 4 heteroatoms. The lowest BCUT2D eigenvalue weighted by molar-refractivity contribution is 0.296. The highest BCUT2D eigenvalue weighted by Gasteiger charge is 2.05. The summed E-state index contributed by atoms with van der Waals surface area (Å²) in [5.41, 5.74) is 2.07. The number of hydrogen-bond acceptors (Lipinski definition) is 2. The van der Waals surface area contributed by atoms with Crippen LogP contribution in [0.1, 0.15) is 31.1 Å². The first-order chi connectivity index (χ1) is 8.56. The Morgan fingerprint density at radius 1 is 1.33 bits per heavy atom. The van der Waals surface area contributed by atoms with Crippen molar-refractivity contribution < 1.29 is 4.74 Å². The molecular formula is C14H17BrN2O. The fraction of sp³-hybridized carbons (Fsp3) is 0.357. The third-order valence-electron chi connectivity index (χ3n) is 2.72. The first kappa shape index (κ1) is 13.1. The summed E-state index contributed by atoms with van der Waals surface area (Å²) >= 11 is 3.45. The maximum absolute atomic E-state index is 5.79. The van der Waals surface area contributed by atoms with Crippen LogP contribution in [0.25, 0.3) is 0 Å². The molecule has 0 saturated carbocycles. The van der Waals surface area contributed by atoms with Crippen molar-refractivity contribution in [3.63, 3.8) is 0 Å². The summed E-state index contributed by atoms with van der Waals surface area (Å²) in [4.78, 5) is 0. The van der Waals surface area contributed by atoms with Gasteiger partial charge >= 0.3 is 0 Å².